The van der Waals surface area contributed by atoms with E-state index in [-0.39, 0.29) is 11.1 Å². The maximum Gasteiger partial charge on any atom is 0.293 e. The molecule has 1 aliphatic rings. The van der Waals surface area contributed by atoms with Crippen LogP contribution in [0, 0.1) is 27.7 Å². The Kier molecular flexibility index (Phi) is 5.95. The highest BCUT2D eigenvalue weighted by atomic mass is 79.9. The van der Waals surface area contributed by atoms with Gasteiger partial charge in [-0.2, -0.15) is 0 Å². The number of halogens is 1. The lowest BCUT2D eigenvalue weighted by Crippen LogP contribution is -2.27. The summed E-state index contributed by atoms with van der Waals surface area (Å²) in [6.45, 7) is 8.44. The van der Waals surface area contributed by atoms with Crippen LogP contribution in [0.4, 0.5) is 4.79 Å². The molecule has 6 heteroatoms. The molecule has 0 radical (unpaired) electrons. The highest BCUT2D eigenvalue weighted by Crippen LogP contribution is 2.35. The quantitative estimate of drug-likeness (QED) is 0.378. The van der Waals surface area contributed by atoms with Gasteiger partial charge in [-0.3, -0.25) is 14.5 Å². The Morgan fingerprint density at radius 2 is 1.77 bits per heavy atom. The molecule has 2 heterocycles. The van der Waals surface area contributed by atoms with Crippen molar-refractivity contribution in [2.75, 3.05) is 0 Å². The van der Waals surface area contributed by atoms with Crippen LogP contribution < -0.4 is 0 Å². The van der Waals surface area contributed by atoms with Crippen LogP contribution in [-0.4, -0.2) is 20.6 Å². The Morgan fingerprint density at radius 3 is 2.48 bits per heavy atom. The summed E-state index contributed by atoms with van der Waals surface area (Å²) in [5, 5.41) is -0.227. The molecule has 3 aromatic rings. The minimum absolute atomic E-state index is 0.227. The van der Waals surface area contributed by atoms with Gasteiger partial charge in [0.1, 0.15) is 0 Å². The summed E-state index contributed by atoms with van der Waals surface area (Å²) in [6.07, 6.45) is 1.84. The second kappa shape index (κ2) is 8.52. The first-order valence-corrected chi connectivity index (χ1v) is 11.6. The molecular weight excluding hydrogens is 472 g/mol. The molecule has 4 rings (SSSR count). The van der Waals surface area contributed by atoms with Crippen molar-refractivity contribution in [3.63, 3.8) is 0 Å². The zero-order valence-electron chi connectivity index (χ0n) is 17.9. The Hall–Kier alpha value is -2.57. The van der Waals surface area contributed by atoms with Gasteiger partial charge in [0.25, 0.3) is 11.1 Å². The standard InChI is InChI=1S/C25H23BrN2O2S/c1-15-6-5-7-19(10-15)14-27-24(29)23(31-25(27)30)13-20-12-17(3)28(18(20)4)21-8-9-22(26)16(2)11-21/h5-13H,14H2,1-4H3/b23-13-. The molecule has 1 saturated heterocycles. The lowest BCUT2D eigenvalue weighted by atomic mass is 10.1. The van der Waals surface area contributed by atoms with E-state index in [1.807, 2.05) is 57.2 Å². The Balaban J connectivity index is 1.64. The van der Waals surface area contributed by atoms with Crippen molar-refractivity contribution >= 4 is 44.9 Å². The van der Waals surface area contributed by atoms with Crippen LogP contribution in [0.5, 0.6) is 0 Å². The normalized spacial score (nSPS) is 15.4. The summed E-state index contributed by atoms with van der Waals surface area (Å²) in [5.41, 5.74) is 7.34. The SMILES string of the molecule is Cc1cccc(CN2C(=O)S/C(=C\c3cc(C)n(-c4ccc(Br)c(C)c4)c3C)C2=O)c1. The van der Waals surface area contributed by atoms with Gasteiger partial charge in [0, 0.05) is 21.5 Å². The summed E-state index contributed by atoms with van der Waals surface area (Å²) < 4.78 is 3.24. The number of aromatic nitrogens is 1. The number of imide groups is 1. The van der Waals surface area contributed by atoms with E-state index in [1.54, 1.807) is 0 Å². The average molecular weight is 495 g/mol. The van der Waals surface area contributed by atoms with E-state index in [4.69, 9.17) is 0 Å². The third-order valence-corrected chi connectivity index (χ3v) is 7.25. The maximum atomic E-state index is 13.0. The largest absolute Gasteiger partial charge is 0.318 e. The van der Waals surface area contributed by atoms with Gasteiger partial charge < -0.3 is 4.57 Å². The van der Waals surface area contributed by atoms with Crippen molar-refractivity contribution in [2.24, 2.45) is 0 Å². The summed E-state index contributed by atoms with van der Waals surface area (Å²) in [6, 6.07) is 16.2. The van der Waals surface area contributed by atoms with Gasteiger partial charge in [-0.25, -0.2) is 0 Å². The minimum Gasteiger partial charge on any atom is -0.318 e. The molecule has 0 bridgehead atoms. The minimum atomic E-state index is -0.235. The van der Waals surface area contributed by atoms with Crippen molar-refractivity contribution in [3.8, 4) is 5.69 Å². The van der Waals surface area contributed by atoms with Gasteiger partial charge >= 0.3 is 0 Å². The van der Waals surface area contributed by atoms with E-state index in [0.29, 0.717) is 11.4 Å². The Bertz CT molecular complexity index is 1240. The first-order valence-electron chi connectivity index (χ1n) is 10.0. The monoisotopic (exact) mass is 494 g/mol. The highest BCUT2D eigenvalue weighted by Gasteiger charge is 2.35. The molecule has 0 aliphatic carbocycles. The summed E-state index contributed by atoms with van der Waals surface area (Å²) in [7, 11) is 0. The first kappa shape index (κ1) is 21.7. The van der Waals surface area contributed by atoms with Crippen LogP contribution in [0.3, 0.4) is 0 Å². The fraction of sp³-hybridized carbons (Fsp3) is 0.200. The molecule has 2 amide bonds. The molecule has 2 aromatic carbocycles. The van der Waals surface area contributed by atoms with Crippen molar-refractivity contribution in [2.45, 2.75) is 34.2 Å². The van der Waals surface area contributed by atoms with E-state index in [9.17, 15) is 9.59 Å². The summed E-state index contributed by atoms with van der Waals surface area (Å²) in [4.78, 5) is 27.3. The van der Waals surface area contributed by atoms with Crippen molar-refractivity contribution in [1.29, 1.82) is 0 Å². The summed E-state index contributed by atoms with van der Waals surface area (Å²) >= 11 is 4.56. The number of amides is 2. The fourth-order valence-electron chi connectivity index (χ4n) is 3.87. The number of thioether (sulfide) groups is 1. The molecule has 1 aliphatic heterocycles. The van der Waals surface area contributed by atoms with E-state index < -0.39 is 0 Å². The molecule has 0 spiro atoms. The fourth-order valence-corrected chi connectivity index (χ4v) is 4.95. The van der Waals surface area contributed by atoms with E-state index >= 15 is 0 Å². The van der Waals surface area contributed by atoms with Gasteiger partial charge in [0.15, 0.2) is 0 Å². The molecule has 0 saturated carbocycles. The molecule has 4 nitrogen and oxygen atoms in total. The molecule has 1 aromatic heterocycles. The van der Waals surface area contributed by atoms with E-state index in [1.165, 1.54) is 4.90 Å². The number of nitrogens with zero attached hydrogens (tertiary/aromatic N) is 2. The first-order chi connectivity index (χ1) is 14.7. The number of carbonyl (C=O) groups excluding carboxylic acids is 2. The lowest BCUT2D eigenvalue weighted by Gasteiger charge is -2.12. The number of hydrogen-bond donors (Lipinski definition) is 0. The number of rotatable bonds is 4. The maximum absolute atomic E-state index is 13.0. The number of carbonyl (C=O) groups is 2. The smallest absolute Gasteiger partial charge is 0.293 e. The third kappa shape index (κ3) is 4.27. The van der Waals surface area contributed by atoms with Gasteiger partial charge in [-0.1, -0.05) is 45.8 Å². The molecule has 0 N–H and O–H groups in total. The number of benzene rings is 2. The second-order valence-corrected chi connectivity index (χ2v) is 9.70. The molecule has 0 unspecified atom stereocenters. The zero-order valence-corrected chi connectivity index (χ0v) is 20.3. The molecule has 0 atom stereocenters. The van der Waals surface area contributed by atoms with Crippen LogP contribution in [0.15, 0.2) is 57.9 Å². The molecule has 31 heavy (non-hydrogen) atoms. The number of aryl methyl sites for hydroxylation is 3. The Morgan fingerprint density at radius 1 is 1.00 bits per heavy atom. The van der Waals surface area contributed by atoms with E-state index in [2.05, 4.69) is 45.6 Å². The van der Waals surface area contributed by atoms with Crippen molar-refractivity contribution < 1.29 is 9.59 Å². The van der Waals surface area contributed by atoms with Crippen molar-refractivity contribution in [3.05, 3.63) is 91.6 Å². The van der Waals surface area contributed by atoms with Crippen LogP contribution >= 0.6 is 27.7 Å². The molecular formula is C25H23BrN2O2S. The predicted octanol–water partition coefficient (Wildman–Crippen LogP) is 6.71. The highest BCUT2D eigenvalue weighted by molar-refractivity contribution is 9.10. The van der Waals surface area contributed by atoms with Crippen LogP contribution in [0.25, 0.3) is 11.8 Å². The van der Waals surface area contributed by atoms with E-state index in [0.717, 1.165) is 55.6 Å². The zero-order chi connectivity index (χ0) is 22.3. The second-order valence-electron chi connectivity index (χ2n) is 7.85. The average Bonchev–Trinajstić information content (AvgIpc) is 3.14. The van der Waals surface area contributed by atoms with Crippen molar-refractivity contribution in [1.82, 2.24) is 9.47 Å². The van der Waals surface area contributed by atoms with Gasteiger partial charge in [0.05, 0.1) is 11.4 Å². The predicted molar refractivity (Wildman–Crippen MR) is 130 cm³/mol. The van der Waals surface area contributed by atoms with Gasteiger partial charge in [-0.15, -0.1) is 0 Å². The van der Waals surface area contributed by atoms with Crippen LogP contribution in [0.1, 0.15) is 33.6 Å². The number of hydrogen-bond acceptors (Lipinski definition) is 3. The van der Waals surface area contributed by atoms with Gasteiger partial charge in [-0.05, 0) is 86.5 Å². The summed E-state index contributed by atoms with van der Waals surface area (Å²) in [5.74, 6) is -0.235. The lowest BCUT2D eigenvalue weighted by molar-refractivity contribution is -0.123. The Labute approximate surface area is 195 Å². The van der Waals surface area contributed by atoms with Crippen LogP contribution in [-0.2, 0) is 11.3 Å². The molecule has 158 valence electrons. The van der Waals surface area contributed by atoms with Gasteiger partial charge in [0.2, 0.25) is 0 Å². The molecule has 1 fully saturated rings. The van der Waals surface area contributed by atoms with Crippen LogP contribution in [0.2, 0.25) is 0 Å². The topological polar surface area (TPSA) is 42.3 Å². The third-order valence-electron chi connectivity index (χ3n) is 5.45.